The predicted octanol–water partition coefficient (Wildman–Crippen LogP) is 4.10. The van der Waals surface area contributed by atoms with E-state index >= 15 is 0 Å². The second-order valence-corrected chi connectivity index (χ2v) is 6.92. The van der Waals surface area contributed by atoms with Crippen LogP contribution in [-0.2, 0) is 4.79 Å². The molecule has 1 amide bonds. The quantitative estimate of drug-likeness (QED) is 0.446. The van der Waals surface area contributed by atoms with E-state index < -0.39 is 5.97 Å². The van der Waals surface area contributed by atoms with Crippen molar-refractivity contribution in [3.05, 3.63) is 63.5 Å². The van der Waals surface area contributed by atoms with Gasteiger partial charge in [-0.2, -0.15) is 0 Å². The summed E-state index contributed by atoms with van der Waals surface area (Å²) >= 11 is 6.88. The minimum atomic E-state index is -0.530. The summed E-state index contributed by atoms with van der Waals surface area (Å²) in [7, 11) is 0. The van der Waals surface area contributed by atoms with E-state index in [1.165, 1.54) is 0 Å². The smallest absolute Gasteiger partial charge is 0.343 e. The van der Waals surface area contributed by atoms with Crippen LogP contribution in [-0.4, -0.2) is 23.7 Å². The van der Waals surface area contributed by atoms with E-state index in [1.807, 2.05) is 6.92 Å². The molecule has 2 N–H and O–H groups in total. The van der Waals surface area contributed by atoms with Gasteiger partial charge in [-0.05, 0) is 66.7 Å². The molecule has 0 aliphatic carbocycles. The summed E-state index contributed by atoms with van der Waals surface area (Å²) in [6.45, 7) is 2.20. The van der Waals surface area contributed by atoms with E-state index in [2.05, 4.69) is 5.32 Å². The maximum atomic E-state index is 12.3. The van der Waals surface area contributed by atoms with Crippen molar-refractivity contribution in [3.8, 4) is 11.5 Å². The molecule has 0 radical (unpaired) electrons. The zero-order valence-corrected chi connectivity index (χ0v) is 15.8. The Kier molecular flexibility index (Phi) is 5.83. The van der Waals surface area contributed by atoms with Gasteiger partial charge in [-0.1, -0.05) is 17.7 Å². The maximum absolute atomic E-state index is 12.3. The highest BCUT2D eigenvalue weighted by Gasteiger charge is 2.22. The van der Waals surface area contributed by atoms with E-state index in [-0.39, 0.29) is 16.8 Å². The van der Waals surface area contributed by atoms with Crippen LogP contribution in [0.25, 0.3) is 6.08 Å². The van der Waals surface area contributed by atoms with Gasteiger partial charge < -0.3 is 14.8 Å². The Labute approximate surface area is 165 Å². The first-order valence-electron chi connectivity index (χ1n) is 8.00. The standard InChI is InChI=1S/C19H15ClN2O4S/c1-2-25-15-9-11(10-16-17(23)22-19(21)27-16)3-8-14(15)26-18(24)12-4-6-13(20)7-5-12/h3-10H,2H2,1H3,(H2,21,22,23)/b16-10+. The van der Waals surface area contributed by atoms with E-state index in [9.17, 15) is 9.59 Å². The van der Waals surface area contributed by atoms with Gasteiger partial charge in [0.05, 0.1) is 17.1 Å². The largest absolute Gasteiger partial charge is 0.490 e. The minimum Gasteiger partial charge on any atom is -0.490 e. The Balaban J connectivity index is 1.84. The van der Waals surface area contributed by atoms with Crippen molar-refractivity contribution < 1.29 is 19.1 Å². The normalized spacial score (nSPS) is 15.0. The SMILES string of the molecule is CCOc1cc(/C=C2/SC(=N)NC2=O)ccc1OC(=O)c1ccc(Cl)cc1. The fourth-order valence-corrected chi connectivity index (χ4v) is 3.13. The predicted molar refractivity (Wildman–Crippen MR) is 105 cm³/mol. The lowest BCUT2D eigenvalue weighted by Gasteiger charge is -2.11. The summed E-state index contributed by atoms with van der Waals surface area (Å²) in [4.78, 5) is 24.5. The Morgan fingerprint density at radius 1 is 1.22 bits per heavy atom. The summed E-state index contributed by atoms with van der Waals surface area (Å²) in [6.07, 6.45) is 1.65. The number of halogens is 1. The molecule has 138 valence electrons. The van der Waals surface area contributed by atoms with Gasteiger partial charge in [-0.25, -0.2) is 4.79 Å². The third kappa shape index (κ3) is 4.69. The molecule has 3 rings (SSSR count). The highest BCUT2D eigenvalue weighted by Crippen LogP contribution is 2.32. The number of esters is 1. The van der Waals surface area contributed by atoms with Gasteiger partial charge >= 0.3 is 5.97 Å². The summed E-state index contributed by atoms with van der Waals surface area (Å²) < 4.78 is 11.0. The number of thioether (sulfide) groups is 1. The number of hydrogen-bond donors (Lipinski definition) is 2. The number of amidine groups is 1. The van der Waals surface area contributed by atoms with Gasteiger partial charge in [0.15, 0.2) is 16.7 Å². The molecule has 2 aromatic carbocycles. The molecule has 1 heterocycles. The molecular formula is C19H15ClN2O4S. The zero-order chi connectivity index (χ0) is 19.4. The third-order valence-corrected chi connectivity index (χ3v) is 4.59. The van der Waals surface area contributed by atoms with Crippen molar-refractivity contribution in [2.24, 2.45) is 0 Å². The van der Waals surface area contributed by atoms with Crippen molar-refractivity contribution in [2.75, 3.05) is 6.61 Å². The van der Waals surface area contributed by atoms with Gasteiger partial charge in [0, 0.05) is 5.02 Å². The number of nitrogens with one attached hydrogen (secondary N) is 2. The minimum absolute atomic E-state index is 0.0878. The monoisotopic (exact) mass is 402 g/mol. The van der Waals surface area contributed by atoms with E-state index in [0.717, 1.165) is 11.8 Å². The topological polar surface area (TPSA) is 88.5 Å². The summed E-state index contributed by atoms with van der Waals surface area (Å²) in [5.41, 5.74) is 1.06. The molecule has 1 fully saturated rings. The van der Waals surface area contributed by atoms with Crippen molar-refractivity contribution in [2.45, 2.75) is 6.92 Å². The van der Waals surface area contributed by atoms with Crippen LogP contribution in [0.2, 0.25) is 5.02 Å². The number of ether oxygens (including phenoxy) is 2. The second-order valence-electron chi connectivity index (χ2n) is 5.43. The molecule has 0 spiro atoms. The Bertz CT molecular complexity index is 941. The van der Waals surface area contributed by atoms with Crippen LogP contribution in [0.1, 0.15) is 22.8 Å². The Morgan fingerprint density at radius 2 is 1.96 bits per heavy atom. The average molecular weight is 403 g/mol. The molecule has 8 heteroatoms. The number of amides is 1. The fourth-order valence-electron chi connectivity index (χ4n) is 2.30. The van der Waals surface area contributed by atoms with Crippen LogP contribution in [0.3, 0.4) is 0 Å². The van der Waals surface area contributed by atoms with Crippen LogP contribution in [0.15, 0.2) is 47.4 Å². The molecule has 6 nitrogen and oxygen atoms in total. The first kappa shape index (κ1) is 19.0. The molecule has 0 atom stereocenters. The Morgan fingerprint density at radius 3 is 2.59 bits per heavy atom. The highest BCUT2D eigenvalue weighted by atomic mass is 35.5. The lowest BCUT2D eigenvalue weighted by Crippen LogP contribution is -2.18. The van der Waals surface area contributed by atoms with E-state index in [4.69, 9.17) is 26.5 Å². The second kappa shape index (κ2) is 8.28. The zero-order valence-electron chi connectivity index (χ0n) is 14.2. The van der Waals surface area contributed by atoms with Crippen LogP contribution in [0.4, 0.5) is 0 Å². The molecule has 1 saturated heterocycles. The van der Waals surface area contributed by atoms with Crippen molar-refractivity contribution in [1.29, 1.82) is 5.41 Å². The van der Waals surface area contributed by atoms with Gasteiger partial charge in [0.2, 0.25) is 0 Å². The van der Waals surface area contributed by atoms with E-state index in [1.54, 1.807) is 48.5 Å². The van der Waals surface area contributed by atoms with E-state index in [0.29, 0.717) is 33.4 Å². The number of hydrogen-bond acceptors (Lipinski definition) is 6. The van der Waals surface area contributed by atoms with Crippen LogP contribution >= 0.6 is 23.4 Å². The molecule has 0 bridgehead atoms. The van der Waals surface area contributed by atoms with Gasteiger partial charge in [-0.3, -0.25) is 10.2 Å². The lowest BCUT2D eigenvalue weighted by molar-refractivity contribution is -0.115. The molecule has 0 saturated carbocycles. The molecule has 1 aliphatic heterocycles. The number of carbonyl (C=O) groups is 2. The third-order valence-electron chi connectivity index (χ3n) is 3.51. The van der Waals surface area contributed by atoms with Crippen LogP contribution < -0.4 is 14.8 Å². The van der Waals surface area contributed by atoms with Gasteiger partial charge in [0.25, 0.3) is 5.91 Å². The number of carbonyl (C=O) groups excluding carboxylic acids is 2. The van der Waals surface area contributed by atoms with Crippen molar-refractivity contribution in [1.82, 2.24) is 5.32 Å². The van der Waals surface area contributed by atoms with Crippen LogP contribution in [0.5, 0.6) is 11.5 Å². The molecule has 0 aromatic heterocycles. The van der Waals surface area contributed by atoms with Gasteiger partial charge in [0.1, 0.15) is 0 Å². The van der Waals surface area contributed by atoms with Crippen molar-refractivity contribution in [3.63, 3.8) is 0 Å². The molecule has 2 aromatic rings. The first-order chi connectivity index (χ1) is 13.0. The number of benzene rings is 2. The van der Waals surface area contributed by atoms with Crippen LogP contribution in [0, 0.1) is 5.41 Å². The first-order valence-corrected chi connectivity index (χ1v) is 9.19. The summed E-state index contributed by atoms with van der Waals surface area (Å²) in [5.74, 6) is -0.193. The molecule has 1 aliphatic rings. The molecular weight excluding hydrogens is 388 g/mol. The highest BCUT2D eigenvalue weighted by molar-refractivity contribution is 8.18. The molecule has 27 heavy (non-hydrogen) atoms. The summed E-state index contributed by atoms with van der Waals surface area (Å²) in [6, 6.07) is 11.4. The summed E-state index contributed by atoms with van der Waals surface area (Å²) in [5, 5.41) is 10.5. The maximum Gasteiger partial charge on any atom is 0.343 e. The van der Waals surface area contributed by atoms with Gasteiger partial charge in [-0.15, -0.1) is 0 Å². The fraction of sp³-hybridized carbons (Fsp3) is 0.105. The average Bonchev–Trinajstić information content (AvgIpc) is 2.95. The number of rotatable bonds is 5. The molecule has 0 unspecified atom stereocenters. The Hall–Kier alpha value is -2.77. The lowest BCUT2D eigenvalue weighted by atomic mass is 10.1. The van der Waals surface area contributed by atoms with Crippen molar-refractivity contribution >= 4 is 46.5 Å².